The zero-order chi connectivity index (χ0) is 19.2. The van der Waals surface area contributed by atoms with Crippen LogP contribution in [0.15, 0.2) is 51.9 Å². The number of para-hydroxylation sites is 1. The second-order valence-electron chi connectivity index (χ2n) is 6.75. The Morgan fingerprint density at radius 1 is 1.26 bits per heavy atom. The molecule has 0 spiro atoms. The van der Waals surface area contributed by atoms with Gasteiger partial charge in [-0.25, -0.2) is 0 Å². The van der Waals surface area contributed by atoms with Crippen molar-refractivity contribution in [1.29, 1.82) is 0 Å². The fourth-order valence-electron chi connectivity index (χ4n) is 3.37. The average molecular weight is 405 g/mol. The average Bonchev–Trinajstić information content (AvgIpc) is 2.75. The molecule has 1 heterocycles. The number of nitrogens with one attached hydrogen (secondary N) is 1. The molecule has 27 heavy (non-hydrogen) atoms. The molecule has 1 aliphatic heterocycles. The van der Waals surface area contributed by atoms with Gasteiger partial charge in [0.25, 0.3) is 0 Å². The van der Waals surface area contributed by atoms with Gasteiger partial charge < -0.3 is 14.7 Å². The predicted octanol–water partition coefficient (Wildman–Crippen LogP) is 5.53. The number of aliphatic carboxylic acids is 1. The van der Waals surface area contributed by atoms with Gasteiger partial charge >= 0.3 is 5.97 Å². The number of unbranched alkanes of at least 4 members (excludes halogenated alkanes) is 3. The second kappa shape index (κ2) is 9.38. The van der Waals surface area contributed by atoms with Crippen molar-refractivity contribution < 1.29 is 9.90 Å². The molecule has 2 N–H and O–H groups in total. The Labute approximate surface area is 170 Å². The molecular formula is C21H25ClN2O2S. The summed E-state index contributed by atoms with van der Waals surface area (Å²) in [6.45, 7) is 0.874. The number of carboxylic acid groups (broad SMARTS) is 1. The first-order valence-electron chi connectivity index (χ1n) is 9.34. The minimum absolute atomic E-state index is 0.265. The number of anilines is 1. The smallest absolute Gasteiger partial charge is 0.303 e. The normalized spacial score (nSPS) is 16.1. The number of benzene rings is 1. The molecule has 144 valence electrons. The Hall–Kier alpha value is -1.85. The SMILES string of the molecule is CN1SC2=CC(Cl)=CCC2=C(NCCCCCCC(=O)O)c2ccccc21. The fourth-order valence-corrected chi connectivity index (χ4v) is 4.65. The fraction of sp³-hybridized carbons (Fsp3) is 0.381. The molecule has 1 aromatic carbocycles. The summed E-state index contributed by atoms with van der Waals surface area (Å²) in [5.41, 5.74) is 4.86. The molecule has 0 saturated heterocycles. The van der Waals surface area contributed by atoms with E-state index in [-0.39, 0.29) is 6.42 Å². The van der Waals surface area contributed by atoms with Gasteiger partial charge in [-0.3, -0.25) is 4.79 Å². The molecular weight excluding hydrogens is 380 g/mol. The van der Waals surface area contributed by atoms with Crippen LogP contribution in [-0.2, 0) is 4.79 Å². The number of carboxylic acids is 1. The van der Waals surface area contributed by atoms with Gasteiger partial charge in [0.2, 0.25) is 0 Å². The predicted molar refractivity (Wildman–Crippen MR) is 115 cm³/mol. The van der Waals surface area contributed by atoms with Crippen molar-refractivity contribution in [2.45, 2.75) is 38.5 Å². The molecule has 0 radical (unpaired) electrons. The number of fused-ring (bicyclic) bond motifs is 2. The van der Waals surface area contributed by atoms with Gasteiger partial charge in [-0.05, 0) is 48.9 Å². The van der Waals surface area contributed by atoms with Crippen LogP contribution in [0.1, 0.15) is 44.1 Å². The van der Waals surface area contributed by atoms with E-state index < -0.39 is 5.97 Å². The second-order valence-corrected chi connectivity index (χ2v) is 8.35. The van der Waals surface area contributed by atoms with E-state index in [9.17, 15) is 4.79 Å². The lowest BCUT2D eigenvalue weighted by atomic mass is 9.98. The van der Waals surface area contributed by atoms with Crippen LogP contribution in [0, 0.1) is 0 Å². The highest BCUT2D eigenvalue weighted by Crippen LogP contribution is 2.45. The van der Waals surface area contributed by atoms with Crippen LogP contribution >= 0.6 is 23.5 Å². The highest BCUT2D eigenvalue weighted by atomic mass is 35.5. The number of hydrogen-bond acceptors (Lipinski definition) is 4. The Morgan fingerprint density at radius 3 is 2.85 bits per heavy atom. The molecule has 2 aliphatic rings. The van der Waals surface area contributed by atoms with Crippen molar-refractivity contribution in [3.05, 3.63) is 57.5 Å². The third kappa shape index (κ3) is 5.11. The van der Waals surface area contributed by atoms with Crippen molar-refractivity contribution >= 4 is 40.9 Å². The van der Waals surface area contributed by atoms with Gasteiger partial charge in [0.05, 0.1) is 5.69 Å². The molecule has 0 atom stereocenters. The number of halogens is 1. The van der Waals surface area contributed by atoms with Crippen molar-refractivity contribution in [3.63, 3.8) is 0 Å². The highest BCUT2D eigenvalue weighted by molar-refractivity contribution is 8.04. The van der Waals surface area contributed by atoms with Gasteiger partial charge in [0.15, 0.2) is 0 Å². The number of hydrogen-bond donors (Lipinski definition) is 2. The van der Waals surface area contributed by atoms with Gasteiger partial charge in [-0.1, -0.05) is 48.7 Å². The van der Waals surface area contributed by atoms with E-state index in [1.165, 1.54) is 27.4 Å². The quantitative estimate of drug-likeness (QED) is 0.440. The topological polar surface area (TPSA) is 52.6 Å². The standard InChI is InChI=1S/C21H25ClN2O2S/c1-24-18-9-6-5-8-16(18)21(17-12-11-15(22)14-19(17)27-24)23-13-7-3-2-4-10-20(25)26/h5-6,8-9,11,14,23H,2-4,7,10,12-13H2,1H3,(H,25,26). The molecule has 0 aromatic heterocycles. The zero-order valence-electron chi connectivity index (χ0n) is 15.5. The molecule has 1 aromatic rings. The Bertz CT molecular complexity index is 801. The summed E-state index contributed by atoms with van der Waals surface area (Å²) < 4.78 is 2.19. The molecule has 0 bridgehead atoms. The van der Waals surface area contributed by atoms with Crippen LogP contribution < -0.4 is 9.62 Å². The number of rotatable bonds is 8. The Kier molecular flexibility index (Phi) is 6.91. The summed E-state index contributed by atoms with van der Waals surface area (Å²) in [7, 11) is 2.08. The van der Waals surface area contributed by atoms with E-state index in [4.69, 9.17) is 16.7 Å². The first-order chi connectivity index (χ1) is 13.1. The van der Waals surface area contributed by atoms with Gasteiger partial charge in [0.1, 0.15) is 0 Å². The van der Waals surface area contributed by atoms with Gasteiger partial charge in [0, 0.05) is 41.2 Å². The van der Waals surface area contributed by atoms with Crippen molar-refractivity contribution in [2.75, 3.05) is 17.9 Å². The largest absolute Gasteiger partial charge is 0.481 e. The van der Waals surface area contributed by atoms with Crippen LogP contribution in [0.5, 0.6) is 0 Å². The van der Waals surface area contributed by atoms with Crippen LogP contribution in [0.4, 0.5) is 5.69 Å². The molecule has 0 unspecified atom stereocenters. The first kappa shape index (κ1) is 19.9. The zero-order valence-corrected chi connectivity index (χ0v) is 17.1. The molecule has 3 rings (SSSR count). The lowest BCUT2D eigenvalue weighted by Crippen LogP contribution is -2.17. The molecule has 0 fully saturated rings. The summed E-state index contributed by atoms with van der Waals surface area (Å²) in [5.74, 6) is -0.708. The van der Waals surface area contributed by atoms with E-state index in [0.717, 1.165) is 43.7 Å². The minimum atomic E-state index is -0.708. The number of nitrogens with zero attached hydrogens (tertiary/aromatic N) is 1. The van der Waals surface area contributed by atoms with Crippen LogP contribution in [0.2, 0.25) is 0 Å². The molecule has 1 aliphatic carbocycles. The third-order valence-electron chi connectivity index (χ3n) is 4.74. The van der Waals surface area contributed by atoms with E-state index in [0.29, 0.717) is 0 Å². The molecule has 6 heteroatoms. The summed E-state index contributed by atoms with van der Waals surface area (Å²) in [4.78, 5) is 11.8. The maximum absolute atomic E-state index is 10.6. The summed E-state index contributed by atoms with van der Waals surface area (Å²) >= 11 is 7.97. The van der Waals surface area contributed by atoms with Crippen molar-refractivity contribution in [2.24, 2.45) is 0 Å². The maximum Gasteiger partial charge on any atom is 0.303 e. The summed E-state index contributed by atoms with van der Waals surface area (Å²) in [6.07, 6.45) is 8.96. The van der Waals surface area contributed by atoms with Crippen LogP contribution in [0.25, 0.3) is 5.70 Å². The van der Waals surface area contributed by atoms with E-state index in [2.05, 4.69) is 47.0 Å². The summed E-state index contributed by atoms with van der Waals surface area (Å²) in [6, 6.07) is 8.45. The minimum Gasteiger partial charge on any atom is -0.481 e. The Morgan fingerprint density at radius 2 is 2.04 bits per heavy atom. The van der Waals surface area contributed by atoms with Gasteiger partial charge in [-0.2, -0.15) is 0 Å². The van der Waals surface area contributed by atoms with E-state index in [1.807, 2.05) is 6.08 Å². The van der Waals surface area contributed by atoms with E-state index in [1.54, 1.807) is 11.9 Å². The van der Waals surface area contributed by atoms with Crippen molar-refractivity contribution in [3.8, 4) is 0 Å². The first-order valence-corrected chi connectivity index (χ1v) is 10.5. The maximum atomic E-state index is 10.6. The van der Waals surface area contributed by atoms with Crippen LogP contribution in [-0.4, -0.2) is 24.7 Å². The van der Waals surface area contributed by atoms with Crippen molar-refractivity contribution in [1.82, 2.24) is 5.32 Å². The lowest BCUT2D eigenvalue weighted by Gasteiger charge is -2.19. The lowest BCUT2D eigenvalue weighted by molar-refractivity contribution is -0.137. The van der Waals surface area contributed by atoms with E-state index >= 15 is 0 Å². The molecule has 0 saturated carbocycles. The summed E-state index contributed by atoms with van der Waals surface area (Å²) in [5, 5.41) is 13.2. The molecule has 0 amide bonds. The third-order valence-corrected chi connectivity index (χ3v) is 6.03. The van der Waals surface area contributed by atoms with Crippen LogP contribution in [0.3, 0.4) is 0 Å². The highest BCUT2D eigenvalue weighted by Gasteiger charge is 2.25. The monoisotopic (exact) mass is 404 g/mol. The Balaban J connectivity index is 1.73. The molecule has 4 nitrogen and oxygen atoms in total. The number of allylic oxidation sites excluding steroid dienone is 4. The van der Waals surface area contributed by atoms with Gasteiger partial charge in [-0.15, -0.1) is 0 Å². The number of carbonyl (C=O) groups is 1.